The number of amidine groups is 1. The highest BCUT2D eigenvalue weighted by Crippen LogP contribution is 2.26. The number of fused-ring (bicyclic) bond motifs is 1. The summed E-state index contributed by atoms with van der Waals surface area (Å²) in [4.78, 5) is 2.95. The molecule has 0 saturated carbocycles. The van der Waals surface area contributed by atoms with Crippen LogP contribution in [0.2, 0.25) is 0 Å². The van der Waals surface area contributed by atoms with Gasteiger partial charge in [0.05, 0.1) is 9.75 Å². The molecule has 5 N–H and O–H groups in total. The molecule has 5 heteroatoms. The first-order valence-corrected chi connectivity index (χ1v) is 7.98. The first-order chi connectivity index (χ1) is 10.2. The smallest absolute Gasteiger partial charge is 0.133 e. The van der Waals surface area contributed by atoms with Crippen molar-refractivity contribution in [1.82, 2.24) is 0 Å². The lowest BCUT2D eigenvalue weighted by Gasteiger charge is -1.90. The van der Waals surface area contributed by atoms with Gasteiger partial charge < -0.3 is 11.5 Å². The van der Waals surface area contributed by atoms with Crippen LogP contribution in [-0.2, 0) is 6.54 Å². The standard InChI is InChI=1S/C16H13N3S2/c17-9-13-6-5-12(20-13)4-2-10-1-3-11-8-15(16(18)19)21-14(11)7-10/h1,3,5-8H,9,17H2,(H3,18,19). The van der Waals surface area contributed by atoms with Crippen LogP contribution in [0.1, 0.15) is 20.2 Å². The molecule has 21 heavy (non-hydrogen) atoms. The first-order valence-electron chi connectivity index (χ1n) is 6.34. The Morgan fingerprint density at radius 1 is 1.10 bits per heavy atom. The number of hydrogen-bond acceptors (Lipinski definition) is 4. The van der Waals surface area contributed by atoms with Gasteiger partial charge in [0.1, 0.15) is 5.84 Å². The zero-order chi connectivity index (χ0) is 14.8. The molecule has 0 aliphatic heterocycles. The second-order valence-corrected chi connectivity index (χ2v) is 6.75. The second kappa shape index (κ2) is 5.70. The molecule has 0 aliphatic rings. The number of nitrogens with one attached hydrogen (secondary N) is 1. The molecule has 0 bridgehead atoms. The average Bonchev–Trinajstić information content (AvgIpc) is 3.11. The van der Waals surface area contributed by atoms with E-state index in [4.69, 9.17) is 16.9 Å². The third kappa shape index (κ3) is 2.98. The minimum absolute atomic E-state index is 0.108. The molecule has 0 amide bonds. The van der Waals surface area contributed by atoms with Gasteiger partial charge in [0.2, 0.25) is 0 Å². The Bertz CT molecular complexity index is 878. The normalized spacial score (nSPS) is 10.3. The van der Waals surface area contributed by atoms with E-state index in [0.29, 0.717) is 6.54 Å². The monoisotopic (exact) mass is 311 g/mol. The molecule has 2 aromatic heterocycles. The zero-order valence-electron chi connectivity index (χ0n) is 11.1. The van der Waals surface area contributed by atoms with Crippen LogP contribution in [0.3, 0.4) is 0 Å². The highest BCUT2D eigenvalue weighted by molar-refractivity contribution is 7.20. The highest BCUT2D eigenvalue weighted by Gasteiger charge is 2.04. The van der Waals surface area contributed by atoms with Crippen molar-refractivity contribution < 1.29 is 0 Å². The Balaban J connectivity index is 1.92. The van der Waals surface area contributed by atoms with Crippen molar-refractivity contribution in [2.45, 2.75) is 6.54 Å². The summed E-state index contributed by atoms with van der Waals surface area (Å²) in [6.07, 6.45) is 0. The molecule has 0 saturated heterocycles. The number of rotatable bonds is 2. The fourth-order valence-corrected chi connectivity index (χ4v) is 3.63. The molecule has 3 aromatic rings. The summed E-state index contributed by atoms with van der Waals surface area (Å²) in [5, 5.41) is 8.58. The number of nitrogen functional groups attached to an aromatic ring is 1. The molecular weight excluding hydrogens is 298 g/mol. The van der Waals surface area contributed by atoms with E-state index >= 15 is 0 Å². The number of benzene rings is 1. The van der Waals surface area contributed by atoms with Gasteiger partial charge in [-0.3, -0.25) is 5.41 Å². The van der Waals surface area contributed by atoms with E-state index in [1.54, 1.807) is 11.3 Å². The van der Waals surface area contributed by atoms with Crippen LogP contribution in [0, 0.1) is 17.3 Å². The van der Waals surface area contributed by atoms with E-state index in [0.717, 1.165) is 30.3 Å². The zero-order valence-corrected chi connectivity index (χ0v) is 12.8. The molecule has 0 fully saturated rings. The summed E-state index contributed by atoms with van der Waals surface area (Å²) in [5.74, 6) is 6.44. The van der Waals surface area contributed by atoms with Crippen LogP contribution < -0.4 is 11.5 Å². The van der Waals surface area contributed by atoms with Crippen molar-refractivity contribution in [3.05, 3.63) is 56.6 Å². The average molecular weight is 311 g/mol. The molecule has 2 heterocycles. The van der Waals surface area contributed by atoms with Crippen molar-refractivity contribution in [2.24, 2.45) is 11.5 Å². The Labute approximate surface area is 130 Å². The Morgan fingerprint density at radius 2 is 1.95 bits per heavy atom. The maximum atomic E-state index is 7.49. The minimum atomic E-state index is 0.108. The summed E-state index contributed by atoms with van der Waals surface area (Å²) >= 11 is 3.14. The minimum Gasteiger partial charge on any atom is -0.383 e. The van der Waals surface area contributed by atoms with Gasteiger partial charge in [-0.1, -0.05) is 17.9 Å². The molecule has 1 aromatic carbocycles. The van der Waals surface area contributed by atoms with Gasteiger partial charge in [-0.05, 0) is 35.7 Å². The topological polar surface area (TPSA) is 75.9 Å². The molecule has 0 radical (unpaired) electrons. The fraction of sp³-hybridized carbons (Fsp3) is 0.0625. The van der Waals surface area contributed by atoms with Crippen molar-refractivity contribution >= 4 is 38.6 Å². The van der Waals surface area contributed by atoms with Crippen molar-refractivity contribution in [3.63, 3.8) is 0 Å². The molecule has 3 rings (SSSR count). The Morgan fingerprint density at radius 3 is 2.67 bits per heavy atom. The van der Waals surface area contributed by atoms with E-state index in [9.17, 15) is 0 Å². The maximum absolute atomic E-state index is 7.49. The summed E-state index contributed by atoms with van der Waals surface area (Å²) in [6, 6.07) is 12.0. The maximum Gasteiger partial charge on any atom is 0.133 e. The van der Waals surface area contributed by atoms with Gasteiger partial charge in [0.25, 0.3) is 0 Å². The molecule has 104 valence electrons. The van der Waals surface area contributed by atoms with Crippen LogP contribution in [0.25, 0.3) is 10.1 Å². The molecule has 0 unspecified atom stereocenters. The molecule has 3 nitrogen and oxygen atoms in total. The lowest BCUT2D eigenvalue weighted by atomic mass is 10.2. The lowest BCUT2D eigenvalue weighted by molar-refractivity contribution is 1.11. The Hall–Kier alpha value is -2.13. The van der Waals surface area contributed by atoms with Crippen LogP contribution in [-0.4, -0.2) is 5.84 Å². The van der Waals surface area contributed by atoms with Gasteiger partial charge in [-0.2, -0.15) is 0 Å². The first kappa shape index (κ1) is 13.8. The SMILES string of the molecule is N=C(N)c1cc2ccc(C#Cc3ccc(CN)s3)cc2s1. The fourth-order valence-electron chi connectivity index (χ4n) is 1.93. The molecule has 0 aliphatic carbocycles. The number of hydrogen-bond donors (Lipinski definition) is 3. The van der Waals surface area contributed by atoms with Gasteiger partial charge in [-0.25, -0.2) is 0 Å². The quantitative estimate of drug-likeness (QED) is 0.386. The number of nitrogens with two attached hydrogens (primary N) is 2. The predicted molar refractivity (Wildman–Crippen MR) is 91.0 cm³/mol. The summed E-state index contributed by atoms with van der Waals surface area (Å²) in [7, 11) is 0. The van der Waals surface area contributed by atoms with Crippen molar-refractivity contribution in [2.75, 3.05) is 0 Å². The highest BCUT2D eigenvalue weighted by atomic mass is 32.1. The van der Waals surface area contributed by atoms with Gasteiger partial charge >= 0.3 is 0 Å². The molecule has 0 spiro atoms. The predicted octanol–water partition coefficient (Wildman–Crippen LogP) is 3.11. The Kier molecular flexibility index (Phi) is 3.76. The van der Waals surface area contributed by atoms with Crippen LogP contribution in [0.4, 0.5) is 0 Å². The molecular formula is C16H13N3S2. The van der Waals surface area contributed by atoms with E-state index in [1.165, 1.54) is 11.3 Å². The van der Waals surface area contributed by atoms with E-state index < -0.39 is 0 Å². The third-order valence-corrected chi connectivity index (χ3v) is 5.13. The van der Waals surface area contributed by atoms with Gasteiger partial charge in [0.15, 0.2) is 0 Å². The van der Waals surface area contributed by atoms with E-state index in [1.807, 2.05) is 36.4 Å². The van der Waals surface area contributed by atoms with E-state index in [-0.39, 0.29) is 5.84 Å². The van der Waals surface area contributed by atoms with Crippen LogP contribution in [0.15, 0.2) is 36.4 Å². The lowest BCUT2D eigenvalue weighted by Crippen LogP contribution is -2.08. The van der Waals surface area contributed by atoms with Crippen molar-refractivity contribution in [1.29, 1.82) is 5.41 Å². The summed E-state index contributed by atoms with van der Waals surface area (Å²) < 4.78 is 1.10. The van der Waals surface area contributed by atoms with Crippen LogP contribution in [0.5, 0.6) is 0 Å². The second-order valence-electron chi connectivity index (χ2n) is 4.50. The van der Waals surface area contributed by atoms with Gasteiger partial charge in [-0.15, -0.1) is 22.7 Å². The summed E-state index contributed by atoms with van der Waals surface area (Å²) in [5.41, 5.74) is 12.1. The summed E-state index contributed by atoms with van der Waals surface area (Å²) in [6.45, 7) is 0.557. The van der Waals surface area contributed by atoms with Gasteiger partial charge in [0, 0.05) is 21.7 Å². The third-order valence-electron chi connectivity index (χ3n) is 2.98. The van der Waals surface area contributed by atoms with E-state index in [2.05, 4.69) is 11.8 Å². The van der Waals surface area contributed by atoms with Crippen molar-refractivity contribution in [3.8, 4) is 11.8 Å². The molecule has 0 atom stereocenters. The van der Waals surface area contributed by atoms with Crippen LogP contribution >= 0.6 is 22.7 Å². The largest absolute Gasteiger partial charge is 0.383 e. The number of thiophene rings is 2.